The largest absolute Gasteiger partial charge is 0.493 e. The maximum Gasteiger partial charge on any atom is 0.408 e. The number of carbonyl (C=O) groups is 3. The van der Waals surface area contributed by atoms with Crippen molar-refractivity contribution in [2.24, 2.45) is 7.05 Å². The van der Waals surface area contributed by atoms with Gasteiger partial charge in [-0.25, -0.2) is 14.6 Å². The van der Waals surface area contributed by atoms with Crippen molar-refractivity contribution in [1.29, 1.82) is 0 Å². The zero-order chi connectivity index (χ0) is 29.5. The Bertz CT molecular complexity index is 1550. The standard InChI is InChI=1S/C28H29N5O8/c1-33-19-10-7-11-20(23(19)32-27(33)29)41-24-21(38-2)12-17(13-22(24)39-3)25(34)30-14-18(26(35)36)31-28(37)40-15-16-8-5-4-6-9-16/h4-13,18H,14-15H2,1-3H3,(H2,29,32)(H,30,34)(H,31,37)(H,35,36)/t18-/m0/s1. The zero-order valence-corrected chi connectivity index (χ0v) is 22.5. The first-order valence-electron chi connectivity index (χ1n) is 12.3. The lowest BCUT2D eigenvalue weighted by Gasteiger charge is -2.17. The monoisotopic (exact) mass is 563 g/mol. The van der Waals surface area contributed by atoms with Crippen molar-refractivity contribution in [3.8, 4) is 23.0 Å². The summed E-state index contributed by atoms with van der Waals surface area (Å²) in [6.45, 7) is -0.456. The number of para-hydroxylation sites is 1. The van der Waals surface area contributed by atoms with Gasteiger partial charge in [0, 0.05) is 19.2 Å². The summed E-state index contributed by atoms with van der Waals surface area (Å²) in [5.74, 6) is -0.766. The lowest BCUT2D eigenvalue weighted by molar-refractivity contribution is -0.139. The Morgan fingerprint density at radius 3 is 2.32 bits per heavy atom. The van der Waals surface area contributed by atoms with Gasteiger partial charge in [-0.1, -0.05) is 36.4 Å². The van der Waals surface area contributed by atoms with Gasteiger partial charge in [0.15, 0.2) is 17.2 Å². The second-order valence-corrected chi connectivity index (χ2v) is 8.77. The number of nitrogen functional groups attached to an aromatic ring is 1. The molecule has 0 unspecified atom stereocenters. The van der Waals surface area contributed by atoms with Crippen LogP contribution in [-0.2, 0) is 23.2 Å². The van der Waals surface area contributed by atoms with E-state index in [2.05, 4.69) is 15.6 Å². The highest BCUT2D eigenvalue weighted by Gasteiger charge is 2.24. The van der Waals surface area contributed by atoms with E-state index in [9.17, 15) is 19.5 Å². The Morgan fingerprint density at radius 2 is 1.68 bits per heavy atom. The van der Waals surface area contributed by atoms with Crippen LogP contribution in [0.15, 0.2) is 60.7 Å². The molecule has 0 radical (unpaired) electrons. The third-order valence-electron chi connectivity index (χ3n) is 6.11. The van der Waals surface area contributed by atoms with Crippen LogP contribution in [0.2, 0.25) is 0 Å². The minimum Gasteiger partial charge on any atom is -0.493 e. The van der Waals surface area contributed by atoms with Crippen molar-refractivity contribution in [3.05, 3.63) is 71.8 Å². The smallest absolute Gasteiger partial charge is 0.408 e. The molecule has 0 spiro atoms. The van der Waals surface area contributed by atoms with Gasteiger partial charge in [-0.05, 0) is 29.8 Å². The quantitative estimate of drug-likeness (QED) is 0.212. The number of nitrogens with two attached hydrogens (primary N) is 1. The van der Waals surface area contributed by atoms with Gasteiger partial charge in [-0.2, -0.15) is 0 Å². The van der Waals surface area contributed by atoms with E-state index in [-0.39, 0.29) is 29.4 Å². The number of amides is 2. The van der Waals surface area contributed by atoms with E-state index < -0.39 is 30.6 Å². The molecule has 0 aliphatic carbocycles. The Balaban J connectivity index is 1.46. The molecule has 1 atom stereocenters. The number of ether oxygens (including phenoxy) is 4. The van der Waals surface area contributed by atoms with Crippen molar-refractivity contribution in [3.63, 3.8) is 0 Å². The van der Waals surface area contributed by atoms with Crippen molar-refractivity contribution in [2.75, 3.05) is 26.5 Å². The molecule has 0 saturated carbocycles. The summed E-state index contributed by atoms with van der Waals surface area (Å²) in [7, 11) is 4.57. The van der Waals surface area contributed by atoms with E-state index in [0.717, 1.165) is 11.1 Å². The summed E-state index contributed by atoms with van der Waals surface area (Å²) in [5, 5.41) is 14.3. The summed E-state index contributed by atoms with van der Waals surface area (Å²) in [4.78, 5) is 41.1. The highest BCUT2D eigenvalue weighted by atomic mass is 16.6. The van der Waals surface area contributed by atoms with Gasteiger partial charge >= 0.3 is 12.1 Å². The average molecular weight is 564 g/mol. The molecule has 3 aromatic carbocycles. The Morgan fingerprint density at radius 1 is 1.00 bits per heavy atom. The first kappa shape index (κ1) is 28.5. The number of alkyl carbamates (subject to hydrolysis) is 1. The molecule has 0 saturated heterocycles. The van der Waals surface area contributed by atoms with Crippen molar-refractivity contribution in [2.45, 2.75) is 12.6 Å². The van der Waals surface area contributed by atoms with Crippen LogP contribution in [0, 0.1) is 0 Å². The van der Waals surface area contributed by atoms with Crippen molar-refractivity contribution < 1.29 is 38.4 Å². The highest BCUT2D eigenvalue weighted by molar-refractivity contribution is 5.96. The molecule has 13 heteroatoms. The van der Waals surface area contributed by atoms with E-state index >= 15 is 0 Å². The number of nitrogens with one attached hydrogen (secondary N) is 2. The number of rotatable bonds is 11. The second-order valence-electron chi connectivity index (χ2n) is 8.77. The molecular formula is C28H29N5O8. The van der Waals surface area contributed by atoms with Crippen LogP contribution in [0.1, 0.15) is 15.9 Å². The lowest BCUT2D eigenvalue weighted by atomic mass is 10.1. The maximum atomic E-state index is 13.0. The van der Waals surface area contributed by atoms with Gasteiger partial charge in [0.2, 0.25) is 11.7 Å². The number of carbonyl (C=O) groups excluding carboxylic acids is 2. The molecule has 41 heavy (non-hydrogen) atoms. The number of hydrogen-bond donors (Lipinski definition) is 4. The molecule has 1 aromatic heterocycles. The zero-order valence-electron chi connectivity index (χ0n) is 22.5. The molecule has 4 aromatic rings. The number of aliphatic carboxylic acids is 1. The number of aryl methyl sites for hydroxylation is 1. The van der Waals surface area contributed by atoms with Crippen LogP contribution in [0.4, 0.5) is 10.7 Å². The van der Waals surface area contributed by atoms with Crippen LogP contribution in [0.25, 0.3) is 11.0 Å². The molecule has 0 aliphatic heterocycles. The summed E-state index contributed by atoms with van der Waals surface area (Å²) in [6, 6.07) is 15.6. The Labute approximate surface area is 234 Å². The normalized spacial score (nSPS) is 11.4. The van der Waals surface area contributed by atoms with Gasteiger partial charge in [0.25, 0.3) is 5.91 Å². The van der Waals surface area contributed by atoms with Crippen molar-refractivity contribution >= 4 is 35.0 Å². The van der Waals surface area contributed by atoms with E-state index in [0.29, 0.717) is 17.2 Å². The first-order chi connectivity index (χ1) is 19.7. The molecule has 0 bridgehead atoms. The molecule has 4 rings (SSSR count). The molecule has 0 aliphatic rings. The molecule has 2 amide bonds. The number of nitrogens with zero attached hydrogens (tertiary/aromatic N) is 2. The molecular weight excluding hydrogens is 534 g/mol. The number of imidazole rings is 1. The number of hydrogen-bond acceptors (Lipinski definition) is 9. The van der Waals surface area contributed by atoms with Gasteiger partial charge in [-0.3, -0.25) is 4.79 Å². The third-order valence-corrected chi connectivity index (χ3v) is 6.11. The van der Waals surface area contributed by atoms with Crippen LogP contribution in [0.3, 0.4) is 0 Å². The fourth-order valence-electron chi connectivity index (χ4n) is 3.91. The molecule has 0 fully saturated rings. The van der Waals surface area contributed by atoms with Crippen molar-refractivity contribution in [1.82, 2.24) is 20.2 Å². The number of anilines is 1. The van der Waals surface area contributed by atoms with E-state index in [1.807, 2.05) is 12.1 Å². The first-order valence-corrected chi connectivity index (χ1v) is 12.3. The van der Waals surface area contributed by atoms with Crippen LogP contribution < -0.4 is 30.6 Å². The lowest BCUT2D eigenvalue weighted by Crippen LogP contribution is -2.48. The average Bonchev–Trinajstić information content (AvgIpc) is 3.28. The van der Waals surface area contributed by atoms with Crippen LogP contribution in [0.5, 0.6) is 23.0 Å². The number of aromatic nitrogens is 2. The van der Waals surface area contributed by atoms with Crippen LogP contribution >= 0.6 is 0 Å². The third kappa shape index (κ3) is 6.58. The van der Waals surface area contributed by atoms with Gasteiger partial charge in [-0.15, -0.1) is 0 Å². The topological polar surface area (TPSA) is 176 Å². The van der Waals surface area contributed by atoms with Gasteiger partial charge < -0.3 is 45.0 Å². The van der Waals surface area contributed by atoms with E-state index in [1.54, 1.807) is 48.0 Å². The predicted molar refractivity (Wildman–Crippen MR) is 148 cm³/mol. The fraction of sp³-hybridized carbons (Fsp3) is 0.214. The minimum atomic E-state index is -1.44. The molecule has 1 heterocycles. The highest BCUT2D eigenvalue weighted by Crippen LogP contribution is 2.43. The Kier molecular flexibility index (Phi) is 8.77. The number of fused-ring (bicyclic) bond motifs is 1. The van der Waals surface area contributed by atoms with E-state index in [1.165, 1.54) is 26.4 Å². The number of carboxylic acids is 1. The summed E-state index contributed by atoms with van der Waals surface area (Å²) in [6.07, 6.45) is -0.940. The van der Waals surface area contributed by atoms with E-state index in [4.69, 9.17) is 24.7 Å². The number of benzene rings is 3. The molecule has 5 N–H and O–H groups in total. The van der Waals surface area contributed by atoms with Crippen LogP contribution in [-0.4, -0.2) is 59.4 Å². The summed E-state index contributed by atoms with van der Waals surface area (Å²) >= 11 is 0. The molecule has 13 nitrogen and oxygen atoms in total. The SMILES string of the molecule is COc1cc(C(=O)NC[C@H](NC(=O)OCc2ccccc2)C(=O)O)cc(OC)c1Oc1cccc2c1nc(N)n2C. The number of carboxylic acid groups (broad SMARTS) is 1. The minimum absolute atomic E-state index is 0.0401. The number of methoxy groups -OCH3 is 2. The molecule has 214 valence electrons. The second kappa shape index (κ2) is 12.6. The summed E-state index contributed by atoms with van der Waals surface area (Å²) in [5.41, 5.74) is 8.06. The predicted octanol–water partition coefficient (Wildman–Crippen LogP) is 3.07. The maximum absolute atomic E-state index is 13.0. The summed E-state index contributed by atoms with van der Waals surface area (Å²) < 4.78 is 23.8. The van der Waals surface area contributed by atoms with Gasteiger partial charge in [0.05, 0.1) is 19.7 Å². The fourth-order valence-corrected chi connectivity index (χ4v) is 3.91. The Hall–Kier alpha value is -5.46. The van der Waals surface area contributed by atoms with Gasteiger partial charge in [0.1, 0.15) is 18.2 Å².